The molecule has 2 N–H and O–H groups in total. The summed E-state index contributed by atoms with van der Waals surface area (Å²) in [6.45, 7) is 12.5. The molecule has 0 spiro atoms. The van der Waals surface area contributed by atoms with Crippen LogP contribution in [0.25, 0.3) is 0 Å². The highest BCUT2D eigenvalue weighted by atomic mass is 16.5. The first-order valence-corrected chi connectivity index (χ1v) is 11.9. The number of ketones is 1. The van der Waals surface area contributed by atoms with Gasteiger partial charge in [-0.05, 0) is 43.9 Å². The number of methoxy groups -OCH3 is 1. The van der Waals surface area contributed by atoms with E-state index < -0.39 is 6.04 Å². The minimum absolute atomic E-state index is 0.00642. The minimum atomic E-state index is -0.577. The van der Waals surface area contributed by atoms with E-state index in [1.165, 1.54) is 5.01 Å². The third-order valence-corrected chi connectivity index (χ3v) is 6.06. The molecule has 0 aliphatic carbocycles. The number of benzene rings is 1. The van der Waals surface area contributed by atoms with Crippen LogP contribution in [0.4, 0.5) is 0 Å². The van der Waals surface area contributed by atoms with Gasteiger partial charge in [0.15, 0.2) is 23.3 Å². The second-order valence-electron chi connectivity index (χ2n) is 9.60. The highest BCUT2D eigenvalue weighted by Crippen LogP contribution is 2.40. The quantitative estimate of drug-likeness (QED) is 0.407. The summed E-state index contributed by atoms with van der Waals surface area (Å²) in [5.41, 5.74) is 3.43. The average molecular weight is 485 g/mol. The van der Waals surface area contributed by atoms with Gasteiger partial charge in [0.1, 0.15) is 12.4 Å². The normalized spacial score (nSPS) is 17.8. The van der Waals surface area contributed by atoms with E-state index in [1.807, 2.05) is 47.6 Å². The molecule has 9 heteroatoms. The zero-order chi connectivity index (χ0) is 25.9. The van der Waals surface area contributed by atoms with Crippen LogP contribution in [0.1, 0.15) is 63.9 Å². The van der Waals surface area contributed by atoms with Crippen molar-refractivity contribution in [2.75, 3.05) is 33.5 Å². The number of hydrogen-bond acceptors (Lipinski definition) is 8. The van der Waals surface area contributed by atoms with Crippen molar-refractivity contribution in [3.63, 3.8) is 0 Å². The smallest absolute Gasteiger partial charge is 0.213 e. The molecule has 190 valence electrons. The number of ether oxygens (including phenoxy) is 3. The van der Waals surface area contributed by atoms with Gasteiger partial charge in [0.2, 0.25) is 5.90 Å². The van der Waals surface area contributed by atoms with Crippen LogP contribution in [-0.4, -0.2) is 72.9 Å². The number of Topliss-reactive ketones (excluding diaryl/α,β-unsaturated/α-hetero) is 1. The zero-order valence-corrected chi connectivity index (χ0v) is 21.7. The number of hydrazone groups is 1. The summed E-state index contributed by atoms with van der Waals surface area (Å²) in [5.74, 6) is 1.47. The van der Waals surface area contributed by atoms with Crippen LogP contribution in [0, 0.1) is 5.41 Å². The van der Waals surface area contributed by atoms with Gasteiger partial charge in [-0.1, -0.05) is 20.8 Å². The monoisotopic (exact) mass is 484 g/mol. The van der Waals surface area contributed by atoms with Crippen LogP contribution >= 0.6 is 0 Å². The van der Waals surface area contributed by atoms with Gasteiger partial charge in [-0.25, -0.2) is 10.0 Å². The van der Waals surface area contributed by atoms with E-state index in [1.54, 1.807) is 13.2 Å². The SMILES string of the molecule is CCOC1=NC2C(=N)N(CC(=O)c3cc(OCCCO)c(OC)c(C(C)(C)C)c3)N=C2C(C)=C1C. The van der Waals surface area contributed by atoms with Crippen molar-refractivity contribution >= 4 is 23.2 Å². The van der Waals surface area contributed by atoms with Crippen LogP contribution in [0.5, 0.6) is 11.5 Å². The maximum absolute atomic E-state index is 13.4. The third kappa shape index (κ3) is 5.40. The Morgan fingerprint density at radius 3 is 2.51 bits per heavy atom. The lowest BCUT2D eigenvalue weighted by molar-refractivity contribution is 0.0964. The average Bonchev–Trinajstić information content (AvgIpc) is 3.11. The molecule has 0 aromatic heterocycles. The Morgan fingerprint density at radius 1 is 1.20 bits per heavy atom. The predicted octanol–water partition coefficient (Wildman–Crippen LogP) is 3.74. The number of carbonyl (C=O) groups excluding carboxylic acids is 1. The van der Waals surface area contributed by atoms with E-state index >= 15 is 0 Å². The molecule has 1 unspecified atom stereocenters. The minimum Gasteiger partial charge on any atom is -0.493 e. The van der Waals surface area contributed by atoms with Crippen LogP contribution in [0.3, 0.4) is 0 Å². The van der Waals surface area contributed by atoms with Crippen LogP contribution in [0.2, 0.25) is 0 Å². The summed E-state index contributed by atoms with van der Waals surface area (Å²) < 4.78 is 17.1. The summed E-state index contributed by atoms with van der Waals surface area (Å²) in [7, 11) is 1.57. The Kier molecular flexibility index (Phi) is 8.00. The van der Waals surface area contributed by atoms with Gasteiger partial charge in [-0.3, -0.25) is 10.2 Å². The second kappa shape index (κ2) is 10.6. The molecule has 0 fully saturated rings. The molecule has 2 aliphatic rings. The number of nitrogens with one attached hydrogen (secondary N) is 1. The molecule has 2 heterocycles. The number of amidine groups is 1. The molecular weight excluding hydrogens is 448 g/mol. The molecule has 0 saturated carbocycles. The molecule has 9 nitrogen and oxygen atoms in total. The third-order valence-electron chi connectivity index (χ3n) is 6.06. The molecule has 0 saturated heterocycles. The Labute approximate surface area is 207 Å². The highest BCUT2D eigenvalue weighted by molar-refractivity contribution is 6.25. The number of hydrogen-bond donors (Lipinski definition) is 2. The summed E-state index contributed by atoms with van der Waals surface area (Å²) >= 11 is 0. The van der Waals surface area contributed by atoms with Crippen LogP contribution < -0.4 is 9.47 Å². The van der Waals surface area contributed by atoms with E-state index in [-0.39, 0.29) is 30.2 Å². The number of dihydropyridines is 1. The van der Waals surface area contributed by atoms with E-state index in [0.717, 1.165) is 16.7 Å². The maximum atomic E-state index is 13.4. The van der Waals surface area contributed by atoms with Gasteiger partial charge < -0.3 is 19.3 Å². The Morgan fingerprint density at radius 2 is 1.91 bits per heavy atom. The number of nitrogens with zero attached hydrogens (tertiary/aromatic N) is 3. The topological polar surface area (TPSA) is 117 Å². The largest absolute Gasteiger partial charge is 0.493 e. The molecule has 0 radical (unpaired) electrons. The first-order valence-electron chi connectivity index (χ1n) is 11.9. The Balaban J connectivity index is 1.92. The van der Waals surface area contributed by atoms with E-state index in [0.29, 0.717) is 48.3 Å². The highest BCUT2D eigenvalue weighted by Gasteiger charge is 2.38. The van der Waals surface area contributed by atoms with Gasteiger partial charge in [0.25, 0.3) is 0 Å². The van der Waals surface area contributed by atoms with Crippen molar-refractivity contribution in [1.29, 1.82) is 5.41 Å². The lowest BCUT2D eigenvalue weighted by Gasteiger charge is -2.25. The molecule has 1 aromatic rings. The van der Waals surface area contributed by atoms with Crippen molar-refractivity contribution in [2.45, 2.75) is 59.4 Å². The summed E-state index contributed by atoms with van der Waals surface area (Å²) in [5, 5.41) is 23.7. The molecule has 1 aromatic carbocycles. The summed E-state index contributed by atoms with van der Waals surface area (Å²) in [4.78, 5) is 18.0. The molecule has 0 bridgehead atoms. The number of aliphatic imine (C=N–C) groups is 1. The van der Waals surface area contributed by atoms with E-state index in [9.17, 15) is 4.79 Å². The standard InChI is InChI=1S/C26H36N4O5/c1-8-34-25-16(3)15(2)21-22(28-25)24(27)30(29-21)14-19(32)17-12-18(26(4,5)6)23(33-7)20(13-17)35-11-9-10-31/h12-13,22,27,31H,8-11,14H2,1-7H3. The van der Waals surface area contributed by atoms with Gasteiger partial charge in [0.05, 0.1) is 26.0 Å². The number of fused-ring (bicyclic) bond motifs is 1. The van der Waals surface area contributed by atoms with Gasteiger partial charge >= 0.3 is 0 Å². The fourth-order valence-electron chi connectivity index (χ4n) is 3.99. The van der Waals surface area contributed by atoms with Crippen molar-refractivity contribution in [3.05, 3.63) is 34.4 Å². The number of aliphatic hydroxyl groups is 1. The van der Waals surface area contributed by atoms with Crippen molar-refractivity contribution < 1.29 is 24.1 Å². The van der Waals surface area contributed by atoms with Crippen LogP contribution in [0.15, 0.2) is 33.4 Å². The number of aliphatic hydroxyl groups excluding tert-OH is 1. The summed E-state index contributed by atoms with van der Waals surface area (Å²) in [6, 6.07) is 2.90. The first-order chi connectivity index (χ1) is 16.5. The van der Waals surface area contributed by atoms with E-state index in [2.05, 4.69) is 10.1 Å². The maximum Gasteiger partial charge on any atom is 0.213 e. The number of rotatable bonds is 9. The van der Waals surface area contributed by atoms with Gasteiger partial charge in [0, 0.05) is 29.7 Å². The zero-order valence-electron chi connectivity index (χ0n) is 21.7. The second-order valence-corrected chi connectivity index (χ2v) is 9.60. The molecule has 3 rings (SSSR count). The van der Waals surface area contributed by atoms with E-state index in [4.69, 9.17) is 24.7 Å². The molecule has 35 heavy (non-hydrogen) atoms. The van der Waals surface area contributed by atoms with Crippen LogP contribution in [-0.2, 0) is 10.2 Å². The first kappa shape index (κ1) is 26.4. The summed E-state index contributed by atoms with van der Waals surface area (Å²) in [6.07, 6.45) is 0.465. The Bertz CT molecular complexity index is 1100. The molecular formula is C26H36N4O5. The van der Waals surface area contributed by atoms with Gasteiger partial charge in [-0.15, -0.1) is 0 Å². The van der Waals surface area contributed by atoms with Crippen molar-refractivity contribution in [3.8, 4) is 11.5 Å². The predicted molar refractivity (Wildman–Crippen MR) is 136 cm³/mol. The lowest BCUT2D eigenvalue weighted by atomic mass is 9.84. The number of carbonyl (C=O) groups is 1. The fraction of sp³-hybridized carbons (Fsp3) is 0.538. The van der Waals surface area contributed by atoms with Crippen molar-refractivity contribution in [1.82, 2.24) is 5.01 Å². The molecule has 1 atom stereocenters. The Hall–Kier alpha value is -3.20. The van der Waals surface area contributed by atoms with Gasteiger partial charge in [-0.2, -0.15) is 5.10 Å². The fourth-order valence-corrected chi connectivity index (χ4v) is 3.99. The molecule has 0 amide bonds. The molecule has 2 aliphatic heterocycles. The lowest BCUT2D eigenvalue weighted by Crippen LogP contribution is -2.36. The van der Waals surface area contributed by atoms with Crippen molar-refractivity contribution in [2.24, 2.45) is 10.1 Å².